The molecule has 0 atom stereocenters. The quantitative estimate of drug-likeness (QED) is 0.923. The molecular formula is C17H28N2O2S. The summed E-state index contributed by atoms with van der Waals surface area (Å²) in [5, 5.41) is 2.95. The lowest BCUT2D eigenvalue weighted by Crippen LogP contribution is -2.70. The van der Waals surface area contributed by atoms with Crippen molar-refractivity contribution in [1.29, 1.82) is 0 Å². The van der Waals surface area contributed by atoms with Gasteiger partial charge in [-0.1, -0.05) is 26.0 Å². The lowest BCUT2D eigenvalue weighted by atomic mass is 9.74. The molecule has 0 bridgehead atoms. The molecule has 2 aliphatic rings. The van der Waals surface area contributed by atoms with Crippen molar-refractivity contribution in [2.75, 3.05) is 26.2 Å². The molecular weight excluding hydrogens is 296 g/mol. The lowest BCUT2D eigenvalue weighted by Gasteiger charge is -2.56. The summed E-state index contributed by atoms with van der Waals surface area (Å²) in [6.45, 7) is 12.8. The largest absolute Gasteiger partial charge is 0.315 e. The molecule has 2 aliphatic heterocycles. The van der Waals surface area contributed by atoms with Crippen LogP contribution in [0.25, 0.3) is 0 Å². The van der Waals surface area contributed by atoms with Gasteiger partial charge in [0.15, 0.2) is 9.84 Å². The molecule has 1 aromatic carbocycles. The molecule has 0 saturated carbocycles. The Balaban J connectivity index is 0.000000847. The van der Waals surface area contributed by atoms with Gasteiger partial charge in [-0.25, -0.2) is 8.42 Å². The Morgan fingerprint density at radius 1 is 1.23 bits per heavy atom. The van der Waals surface area contributed by atoms with Crippen molar-refractivity contribution in [3.05, 3.63) is 29.8 Å². The zero-order chi connectivity index (χ0) is 16.4. The summed E-state index contributed by atoms with van der Waals surface area (Å²) in [5.74, 6) is 0. The maximum absolute atomic E-state index is 12.2. The molecule has 2 fully saturated rings. The SMILES string of the molecule is CC.CC(C)S(=O)(=O)c1cccc(CN2CC3(CNC3)C2)c1. The van der Waals surface area contributed by atoms with Gasteiger partial charge in [-0.05, 0) is 31.5 Å². The second-order valence-electron chi connectivity index (χ2n) is 6.49. The fourth-order valence-corrected chi connectivity index (χ4v) is 4.20. The van der Waals surface area contributed by atoms with Crippen molar-refractivity contribution >= 4 is 9.84 Å². The summed E-state index contributed by atoms with van der Waals surface area (Å²) < 4.78 is 24.4. The highest BCUT2D eigenvalue weighted by Gasteiger charge is 2.47. The number of hydrogen-bond acceptors (Lipinski definition) is 4. The van der Waals surface area contributed by atoms with Gasteiger partial charge < -0.3 is 5.32 Å². The Kier molecular flexibility index (Phi) is 5.30. The second kappa shape index (κ2) is 6.69. The Hall–Kier alpha value is -0.910. The number of benzene rings is 1. The van der Waals surface area contributed by atoms with Gasteiger partial charge in [0, 0.05) is 38.1 Å². The summed E-state index contributed by atoms with van der Waals surface area (Å²) in [4.78, 5) is 2.84. The Morgan fingerprint density at radius 2 is 1.86 bits per heavy atom. The smallest absolute Gasteiger partial charge is 0.180 e. The molecule has 0 radical (unpaired) electrons. The molecule has 1 aromatic rings. The maximum Gasteiger partial charge on any atom is 0.180 e. The zero-order valence-electron chi connectivity index (χ0n) is 14.1. The zero-order valence-corrected chi connectivity index (χ0v) is 14.9. The van der Waals surface area contributed by atoms with E-state index in [-0.39, 0.29) is 5.25 Å². The predicted octanol–water partition coefficient (Wildman–Crippen LogP) is 2.30. The molecule has 2 heterocycles. The van der Waals surface area contributed by atoms with Crippen LogP contribution in [0.15, 0.2) is 29.2 Å². The predicted molar refractivity (Wildman–Crippen MR) is 90.7 cm³/mol. The van der Waals surface area contributed by atoms with Crippen molar-refractivity contribution in [3.8, 4) is 0 Å². The first-order valence-corrected chi connectivity index (χ1v) is 9.72. The maximum atomic E-state index is 12.2. The van der Waals surface area contributed by atoms with Crippen LogP contribution in [0.5, 0.6) is 0 Å². The Morgan fingerprint density at radius 3 is 2.36 bits per heavy atom. The average Bonchev–Trinajstić information content (AvgIpc) is 2.42. The van der Waals surface area contributed by atoms with Crippen LogP contribution in [0.2, 0.25) is 0 Å². The molecule has 0 amide bonds. The Bertz CT molecular complexity index is 599. The van der Waals surface area contributed by atoms with E-state index in [1.165, 1.54) is 0 Å². The van der Waals surface area contributed by atoms with Gasteiger partial charge in [-0.15, -0.1) is 0 Å². The molecule has 2 saturated heterocycles. The van der Waals surface area contributed by atoms with Crippen molar-refractivity contribution in [3.63, 3.8) is 0 Å². The van der Waals surface area contributed by atoms with Crippen LogP contribution < -0.4 is 5.32 Å². The summed E-state index contributed by atoms with van der Waals surface area (Å²) in [5.41, 5.74) is 1.61. The first-order valence-electron chi connectivity index (χ1n) is 8.17. The minimum atomic E-state index is -3.17. The summed E-state index contributed by atoms with van der Waals surface area (Å²) >= 11 is 0. The first-order chi connectivity index (χ1) is 10.4. The molecule has 0 unspecified atom stereocenters. The van der Waals surface area contributed by atoms with E-state index in [2.05, 4.69) is 10.2 Å². The number of nitrogens with zero attached hydrogens (tertiary/aromatic N) is 1. The first kappa shape index (κ1) is 17.4. The van der Waals surface area contributed by atoms with Gasteiger partial charge in [-0.3, -0.25) is 4.90 Å². The number of likely N-dealkylation sites (tertiary alicyclic amines) is 1. The summed E-state index contributed by atoms with van der Waals surface area (Å²) in [7, 11) is -3.17. The lowest BCUT2D eigenvalue weighted by molar-refractivity contribution is -0.0444. The molecule has 124 valence electrons. The fraction of sp³-hybridized carbons (Fsp3) is 0.647. The van der Waals surface area contributed by atoms with E-state index < -0.39 is 9.84 Å². The number of rotatable bonds is 4. The van der Waals surface area contributed by atoms with Gasteiger partial charge in [-0.2, -0.15) is 0 Å². The van der Waals surface area contributed by atoms with Crippen molar-refractivity contribution in [2.24, 2.45) is 5.41 Å². The monoisotopic (exact) mass is 324 g/mol. The third-order valence-electron chi connectivity index (χ3n) is 4.37. The van der Waals surface area contributed by atoms with E-state index in [0.29, 0.717) is 10.3 Å². The number of sulfone groups is 1. The highest BCUT2D eigenvalue weighted by Crippen LogP contribution is 2.35. The molecule has 22 heavy (non-hydrogen) atoms. The molecule has 3 rings (SSSR count). The van der Waals surface area contributed by atoms with Crippen LogP contribution in [0.4, 0.5) is 0 Å². The van der Waals surface area contributed by atoms with Gasteiger partial charge >= 0.3 is 0 Å². The minimum absolute atomic E-state index is 0.369. The topological polar surface area (TPSA) is 49.4 Å². The summed E-state index contributed by atoms with van der Waals surface area (Å²) in [6.07, 6.45) is 0. The van der Waals surface area contributed by atoms with Crippen LogP contribution in [0, 0.1) is 5.41 Å². The number of nitrogens with one attached hydrogen (secondary N) is 1. The van der Waals surface area contributed by atoms with Crippen LogP contribution in [0.3, 0.4) is 0 Å². The highest BCUT2D eigenvalue weighted by molar-refractivity contribution is 7.92. The summed E-state index contributed by atoms with van der Waals surface area (Å²) in [6, 6.07) is 7.40. The minimum Gasteiger partial charge on any atom is -0.315 e. The molecule has 4 nitrogen and oxygen atoms in total. The van der Waals surface area contributed by atoms with E-state index >= 15 is 0 Å². The van der Waals surface area contributed by atoms with E-state index in [4.69, 9.17) is 0 Å². The molecule has 0 aromatic heterocycles. The second-order valence-corrected chi connectivity index (χ2v) is 8.99. The van der Waals surface area contributed by atoms with Gasteiger partial charge in [0.05, 0.1) is 10.1 Å². The fourth-order valence-electron chi connectivity index (χ4n) is 3.07. The standard InChI is InChI=1S/C15H22N2O2S.C2H6/c1-12(2)20(18,19)14-5-3-4-13(6-14)7-17-10-15(11-17)8-16-9-15;1-2/h3-6,12,16H,7-11H2,1-2H3;1-2H3. The van der Waals surface area contributed by atoms with Gasteiger partial charge in [0.25, 0.3) is 0 Å². The Labute approximate surface area is 134 Å². The van der Waals surface area contributed by atoms with Crippen molar-refractivity contribution in [2.45, 2.75) is 44.4 Å². The van der Waals surface area contributed by atoms with Crippen LogP contribution in [-0.2, 0) is 16.4 Å². The van der Waals surface area contributed by atoms with E-state index in [1.54, 1.807) is 19.9 Å². The van der Waals surface area contributed by atoms with E-state index in [9.17, 15) is 8.42 Å². The van der Waals surface area contributed by atoms with E-state index in [0.717, 1.165) is 38.3 Å². The third kappa shape index (κ3) is 3.36. The van der Waals surface area contributed by atoms with Crippen LogP contribution in [0.1, 0.15) is 33.3 Å². The van der Waals surface area contributed by atoms with Crippen molar-refractivity contribution < 1.29 is 8.42 Å². The molecule has 0 aliphatic carbocycles. The number of hydrogen-bond donors (Lipinski definition) is 1. The molecule has 1 spiro atoms. The van der Waals surface area contributed by atoms with Gasteiger partial charge in [0.1, 0.15) is 0 Å². The normalized spacial score (nSPS) is 20.0. The highest BCUT2D eigenvalue weighted by atomic mass is 32.2. The molecule has 5 heteroatoms. The van der Waals surface area contributed by atoms with Crippen LogP contribution in [-0.4, -0.2) is 44.7 Å². The van der Waals surface area contributed by atoms with Gasteiger partial charge in [0.2, 0.25) is 0 Å². The van der Waals surface area contributed by atoms with E-state index in [1.807, 2.05) is 32.0 Å². The third-order valence-corrected chi connectivity index (χ3v) is 6.52. The van der Waals surface area contributed by atoms with Crippen LogP contribution >= 0.6 is 0 Å². The molecule has 1 N–H and O–H groups in total. The average molecular weight is 324 g/mol. The van der Waals surface area contributed by atoms with Crippen molar-refractivity contribution in [1.82, 2.24) is 10.2 Å².